The second-order valence-corrected chi connectivity index (χ2v) is 35.9. The molecule has 4 N–H and O–H groups in total. The van der Waals surface area contributed by atoms with Crippen LogP contribution in [-0.2, 0) is 36.7 Å². The highest BCUT2D eigenvalue weighted by Gasteiger charge is 2.44. The largest absolute Gasteiger partial charge is 0.447 e. The van der Waals surface area contributed by atoms with Gasteiger partial charge in [0.25, 0.3) is 0 Å². The highest BCUT2D eigenvalue weighted by atomic mass is 28.5. The Morgan fingerprint density at radius 2 is 0.865 bits per heavy atom. The van der Waals surface area contributed by atoms with Gasteiger partial charge in [-0.2, -0.15) is 0 Å². The molecule has 2 fully saturated rings. The Labute approximate surface area is 453 Å². The summed E-state index contributed by atoms with van der Waals surface area (Å²) in [5.41, 5.74) is -0.490. The Bertz CT molecular complexity index is 1640. The molecule has 0 heterocycles. The van der Waals surface area contributed by atoms with Gasteiger partial charge < -0.3 is 57.9 Å². The molecule has 0 aromatic carbocycles. The van der Waals surface area contributed by atoms with E-state index in [-0.39, 0.29) is 82.5 Å². The lowest BCUT2D eigenvalue weighted by molar-refractivity contribution is 0.0554. The van der Waals surface area contributed by atoms with Gasteiger partial charge in [0.15, 0.2) is 16.6 Å². The third-order valence-corrected chi connectivity index (χ3v) is 23.9. The van der Waals surface area contributed by atoms with Crippen LogP contribution in [0.15, 0.2) is 48.6 Å². The number of alkyl carbamates (subject to hydrolysis) is 4. The number of nitrogens with one attached hydrogen (secondary N) is 4. The number of carbonyl (C=O) groups is 4. The molecule has 74 heavy (non-hydrogen) atoms. The van der Waals surface area contributed by atoms with Crippen LogP contribution in [0.4, 0.5) is 19.2 Å². The molecule has 0 aliphatic heterocycles. The molecule has 4 atom stereocenters. The smallest absolute Gasteiger partial charge is 0.407 e. The van der Waals surface area contributed by atoms with E-state index in [0.29, 0.717) is 39.5 Å². The molecule has 0 aromatic rings. The summed E-state index contributed by atoms with van der Waals surface area (Å²) >= 11 is 0. The van der Waals surface area contributed by atoms with Gasteiger partial charge in [-0.1, -0.05) is 100 Å². The first-order chi connectivity index (χ1) is 33.1. The van der Waals surface area contributed by atoms with E-state index in [1.54, 1.807) is 12.2 Å². The van der Waals surface area contributed by atoms with E-state index in [1.165, 1.54) is 0 Å². The van der Waals surface area contributed by atoms with Crippen molar-refractivity contribution in [2.75, 3.05) is 65.9 Å². The van der Waals surface area contributed by atoms with Crippen molar-refractivity contribution in [3.63, 3.8) is 0 Å². The quantitative estimate of drug-likeness (QED) is 0.0231. The predicted molar refractivity (Wildman–Crippen MR) is 310 cm³/mol. The summed E-state index contributed by atoms with van der Waals surface area (Å²) in [6, 6.07) is 1.72. The summed E-state index contributed by atoms with van der Waals surface area (Å²) < 4.78 is 46.7. The lowest BCUT2D eigenvalue weighted by Gasteiger charge is -2.46. The summed E-state index contributed by atoms with van der Waals surface area (Å²) in [5.74, 6) is 0. The Morgan fingerprint density at radius 1 is 0.500 bits per heavy atom. The zero-order chi connectivity index (χ0) is 53.2. The van der Waals surface area contributed by atoms with E-state index < -0.39 is 49.6 Å². The maximum atomic E-state index is 12.6. The van der Waals surface area contributed by atoms with Gasteiger partial charge in [0, 0.05) is 38.4 Å². The highest BCUT2D eigenvalue weighted by Crippen LogP contribution is 2.47. The summed E-state index contributed by atoms with van der Waals surface area (Å²) in [7, 11) is -6.51. The normalized spacial score (nSPS) is 21.8. The zero-order valence-electron chi connectivity index (χ0n) is 46.3. The molecule has 2 aliphatic carbocycles. The first-order valence-electron chi connectivity index (χ1n) is 25.9. The standard InChI is InChI=1S/C52H96N4O12Si3.3CH4/c1-15-17-19-21-27-63-47(59)55-43-35-49(3,4)39-51(7,37-43)41-53-45(57)65-31-29-61-25-23-33-69(9,10)67-71(13,14)68-70(11,12)34-24-26-62-30-32-66-46(58)54-42-52(8)38-44(36-50(5,6)40-52)56-48(60)64-28-22-20-18-16-2;;;/h15-22,43-44H,23-42H2,1-14H3,(H,53,57)(H,54,58)(H,55,59)(H,56,60);3*1H4/b17-15+,18-16+,21-19+,22-20+;;;. The molecule has 0 spiro atoms. The van der Waals surface area contributed by atoms with Crippen molar-refractivity contribution in [1.82, 2.24) is 21.3 Å². The van der Waals surface area contributed by atoms with Crippen molar-refractivity contribution >= 4 is 49.6 Å². The lowest BCUT2D eigenvalue weighted by Crippen LogP contribution is -2.52. The molecule has 4 amide bonds. The van der Waals surface area contributed by atoms with Gasteiger partial charge in [0.2, 0.25) is 0 Å². The average Bonchev–Trinajstić information content (AvgIpc) is 3.22. The van der Waals surface area contributed by atoms with E-state index in [2.05, 4.69) is 102 Å². The maximum absolute atomic E-state index is 12.6. The zero-order valence-corrected chi connectivity index (χ0v) is 49.3. The number of allylic oxidation sites excluding steroid dienone is 6. The van der Waals surface area contributed by atoms with Crippen molar-refractivity contribution in [3.05, 3.63) is 48.6 Å². The summed E-state index contributed by atoms with van der Waals surface area (Å²) in [6.45, 7) is 33.4. The van der Waals surface area contributed by atoms with Crippen LogP contribution in [0.3, 0.4) is 0 Å². The topological polar surface area (TPSA) is 190 Å². The summed E-state index contributed by atoms with van der Waals surface area (Å²) in [4.78, 5) is 50.1. The number of hydrogen-bond donors (Lipinski definition) is 4. The van der Waals surface area contributed by atoms with Crippen LogP contribution >= 0.6 is 0 Å². The van der Waals surface area contributed by atoms with Gasteiger partial charge in [-0.3, -0.25) is 0 Å². The van der Waals surface area contributed by atoms with Crippen LogP contribution in [0.25, 0.3) is 0 Å². The molecular weight excluding hydrogens is 993 g/mol. The number of amides is 4. The molecule has 19 heteroatoms. The fourth-order valence-electron chi connectivity index (χ4n) is 10.8. The van der Waals surface area contributed by atoms with Crippen LogP contribution in [0.5, 0.6) is 0 Å². The fourth-order valence-corrected chi connectivity index (χ4v) is 24.8. The second-order valence-electron chi connectivity index (χ2n) is 23.4. The maximum Gasteiger partial charge on any atom is 0.407 e. The van der Waals surface area contributed by atoms with Crippen molar-refractivity contribution in [3.8, 4) is 0 Å². The summed E-state index contributed by atoms with van der Waals surface area (Å²) in [5, 5.41) is 11.9. The number of ether oxygens (including phenoxy) is 6. The van der Waals surface area contributed by atoms with Crippen LogP contribution in [-0.4, -0.2) is 128 Å². The van der Waals surface area contributed by atoms with Crippen LogP contribution < -0.4 is 21.3 Å². The van der Waals surface area contributed by atoms with E-state index in [9.17, 15) is 19.2 Å². The van der Waals surface area contributed by atoms with Gasteiger partial charge in [-0.25, -0.2) is 19.2 Å². The first-order valence-corrected chi connectivity index (χ1v) is 34.9. The number of rotatable bonds is 30. The van der Waals surface area contributed by atoms with Gasteiger partial charge in [-0.15, -0.1) is 0 Å². The average molecular weight is 1100 g/mol. The fraction of sp³-hybridized carbons (Fsp3) is 0.782. The molecule has 4 unspecified atom stereocenters. The molecule has 2 aliphatic rings. The molecular formula is C55H108N4O12Si3. The Hall–Kier alpha value is -3.47. The second kappa shape index (κ2) is 35.0. The lowest BCUT2D eigenvalue weighted by atomic mass is 9.62. The molecule has 432 valence electrons. The number of carbonyl (C=O) groups excluding carboxylic acids is 4. The van der Waals surface area contributed by atoms with Crippen LogP contribution in [0.2, 0.25) is 51.4 Å². The molecule has 2 rings (SSSR count). The van der Waals surface area contributed by atoms with E-state index in [4.69, 9.17) is 36.7 Å². The minimum absolute atomic E-state index is 0. The third-order valence-electron chi connectivity index (χ3n) is 12.5. The van der Waals surface area contributed by atoms with Crippen molar-refractivity contribution in [1.29, 1.82) is 0 Å². The third kappa shape index (κ3) is 33.5. The van der Waals surface area contributed by atoms with Crippen LogP contribution in [0.1, 0.15) is 129 Å². The molecule has 0 bridgehead atoms. The summed E-state index contributed by atoms with van der Waals surface area (Å²) in [6.07, 6.45) is 19.6. The van der Waals surface area contributed by atoms with E-state index in [1.807, 2.05) is 50.3 Å². The van der Waals surface area contributed by atoms with Crippen molar-refractivity contribution in [2.45, 2.75) is 192 Å². The Morgan fingerprint density at radius 3 is 1.22 bits per heavy atom. The number of hydrogen-bond acceptors (Lipinski definition) is 12. The minimum Gasteiger partial charge on any atom is -0.447 e. The molecule has 0 aromatic heterocycles. The molecule has 0 saturated heterocycles. The van der Waals surface area contributed by atoms with Crippen molar-refractivity contribution < 1.29 is 55.8 Å². The van der Waals surface area contributed by atoms with Gasteiger partial charge >= 0.3 is 32.9 Å². The minimum atomic E-state index is -2.41. The monoisotopic (exact) mass is 1100 g/mol. The van der Waals surface area contributed by atoms with Crippen molar-refractivity contribution in [2.24, 2.45) is 21.7 Å². The van der Waals surface area contributed by atoms with E-state index in [0.717, 1.165) is 63.5 Å². The highest BCUT2D eigenvalue weighted by molar-refractivity contribution is 6.87. The van der Waals surface area contributed by atoms with Gasteiger partial charge in [-0.05, 0) is 150 Å². The predicted octanol–water partition coefficient (Wildman–Crippen LogP) is 13.2. The molecule has 16 nitrogen and oxygen atoms in total. The van der Waals surface area contributed by atoms with Gasteiger partial charge in [0.05, 0.1) is 13.2 Å². The van der Waals surface area contributed by atoms with Gasteiger partial charge in [0.1, 0.15) is 26.4 Å². The van der Waals surface area contributed by atoms with E-state index >= 15 is 0 Å². The SMILES string of the molecule is C.C.C.C/C=C/C=C/COC(=O)NC1CC(C)(C)CC(C)(CNC(=O)OCCOCCC[Si](C)(C)O[Si](C)(C)O[Si](C)(C)CCCOCCOC(=O)NCC2(C)CC(NC(=O)OC/C=C/C=C/C)CC(C)(C)C2)C1. The first kappa shape index (κ1) is 72.6. The Kier molecular flexibility index (Phi) is 34.4. The Balaban J connectivity index is 0. The molecule has 0 radical (unpaired) electrons. The van der Waals surface area contributed by atoms with Crippen LogP contribution in [0, 0.1) is 21.7 Å². The molecule has 2 saturated carbocycles.